The van der Waals surface area contributed by atoms with Crippen LogP contribution in [0.4, 0.5) is 5.69 Å². The fraction of sp³-hybridized carbons (Fsp3) is 0.375. The Hall–Kier alpha value is -4.05. The molecule has 1 atom stereocenters. The van der Waals surface area contributed by atoms with Gasteiger partial charge in [0.2, 0.25) is 11.8 Å². The second kappa shape index (κ2) is 14.2. The van der Waals surface area contributed by atoms with E-state index in [0.717, 1.165) is 21.0 Å². The minimum Gasteiger partial charge on any atom is -0.493 e. The number of carbonyl (C=O) groups excluding carboxylic acids is 2. The van der Waals surface area contributed by atoms with Crippen LogP contribution in [0.2, 0.25) is 0 Å². The SMILES string of the molecule is COc1ccc(S(=O)(=O)N(CC(=O)N(Cc2cccc(C)c2)C(C)C(=O)NCC(C)C)c2ccc(C)cc2)cc1OC. The van der Waals surface area contributed by atoms with Gasteiger partial charge in [0.1, 0.15) is 12.6 Å². The van der Waals surface area contributed by atoms with Gasteiger partial charge in [-0.15, -0.1) is 0 Å². The number of nitrogens with zero attached hydrogens (tertiary/aromatic N) is 2. The van der Waals surface area contributed by atoms with Crippen molar-refractivity contribution in [3.63, 3.8) is 0 Å². The molecule has 0 fully saturated rings. The third-order valence-electron chi connectivity index (χ3n) is 6.83. The molecule has 10 heteroatoms. The average molecular weight is 596 g/mol. The molecule has 0 saturated heterocycles. The third kappa shape index (κ3) is 8.03. The van der Waals surface area contributed by atoms with Crippen LogP contribution in [-0.2, 0) is 26.2 Å². The molecule has 0 heterocycles. The zero-order chi connectivity index (χ0) is 31.0. The van der Waals surface area contributed by atoms with Gasteiger partial charge in [0, 0.05) is 19.2 Å². The first-order valence-corrected chi connectivity index (χ1v) is 15.3. The molecule has 1 unspecified atom stereocenters. The second-order valence-electron chi connectivity index (χ2n) is 10.7. The van der Waals surface area contributed by atoms with E-state index in [0.29, 0.717) is 18.0 Å². The van der Waals surface area contributed by atoms with Gasteiger partial charge in [0.15, 0.2) is 11.5 Å². The monoisotopic (exact) mass is 595 g/mol. The average Bonchev–Trinajstić information content (AvgIpc) is 2.97. The van der Waals surface area contributed by atoms with Crippen molar-refractivity contribution in [3.8, 4) is 11.5 Å². The maximum Gasteiger partial charge on any atom is 0.264 e. The maximum absolute atomic E-state index is 14.1. The number of amides is 2. The van der Waals surface area contributed by atoms with Crippen LogP contribution in [0, 0.1) is 19.8 Å². The molecule has 3 aromatic carbocycles. The largest absolute Gasteiger partial charge is 0.493 e. The molecule has 0 aliphatic heterocycles. The molecule has 0 bridgehead atoms. The summed E-state index contributed by atoms with van der Waals surface area (Å²) in [5, 5.41) is 2.89. The first-order chi connectivity index (χ1) is 19.9. The molecule has 2 amide bonds. The Morgan fingerprint density at radius 1 is 0.857 bits per heavy atom. The van der Waals surface area contributed by atoms with Gasteiger partial charge in [0.25, 0.3) is 10.0 Å². The minimum atomic E-state index is -4.25. The van der Waals surface area contributed by atoms with Crippen LogP contribution in [0.5, 0.6) is 11.5 Å². The van der Waals surface area contributed by atoms with Gasteiger partial charge in [-0.3, -0.25) is 13.9 Å². The second-order valence-corrected chi connectivity index (χ2v) is 12.6. The molecule has 0 saturated carbocycles. The lowest BCUT2D eigenvalue weighted by Crippen LogP contribution is -2.51. The van der Waals surface area contributed by atoms with E-state index >= 15 is 0 Å². The predicted molar refractivity (Wildman–Crippen MR) is 164 cm³/mol. The molecule has 0 aromatic heterocycles. The molecule has 0 aliphatic carbocycles. The Morgan fingerprint density at radius 2 is 1.52 bits per heavy atom. The summed E-state index contributed by atoms with van der Waals surface area (Å²) in [4.78, 5) is 28.6. The first-order valence-electron chi connectivity index (χ1n) is 13.8. The van der Waals surface area contributed by atoms with Crippen LogP contribution in [0.25, 0.3) is 0 Å². The van der Waals surface area contributed by atoms with Crippen molar-refractivity contribution in [2.45, 2.75) is 52.1 Å². The summed E-state index contributed by atoms with van der Waals surface area (Å²) < 4.78 is 39.9. The third-order valence-corrected chi connectivity index (χ3v) is 8.60. The van der Waals surface area contributed by atoms with E-state index < -0.39 is 28.5 Å². The van der Waals surface area contributed by atoms with Crippen LogP contribution in [-0.4, -0.2) is 58.5 Å². The molecular weight excluding hydrogens is 554 g/mol. The van der Waals surface area contributed by atoms with E-state index in [4.69, 9.17) is 9.47 Å². The van der Waals surface area contributed by atoms with Gasteiger partial charge in [0.05, 0.1) is 24.8 Å². The molecular formula is C32H41N3O6S. The van der Waals surface area contributed by atoms with Crippen LogP contribution in [0.1, 0.15) is 37.5 Å². The fourth-order valence-electron chi connectivity index (χ4n) is 4.39. The normalized spacial score (nSPS) is 12.0. The van der Waals surface area contributed by atoms with Gasteiger partial charge in [-0.2, -0.15) is 0 Å². The quantitative estimate of drug-likeness (QED) is 0.307. The summed E-state index contributed by atoms with van der Waals surface area (Å²) in [5.74, 6) is 0.0126. The number of aryl methyl sites for hydroxylation is 2. The lowest BCUT2D eigenvalue weighted by molar-refractivity contribution is -0.139. The van der Waals surface area contributed by atoms with Crippen molar-refractivity contribution in [2.75, 3.05) is 31.6 Å². The van der Waals surface area contributed by atoms with Gasteiger partial charge in [-0.05, 0) is 56.5 Å². The van der Waals surface area contributed by atoms with Crippen molar-refractivity contribution >= 4 is 27.5 Å². The Labute approximate surface area is 249 Å². The van der Waals surface area contributed by atoms with Crippen LogP contribution in [0.15, 0.2) is 71.6 Å². The van der Waals surface area contributed by atoms with E-state index in [1.54, 1.807) is 31.2 Å². The number of ether oxygens (including phenoxy) is 2. The molecule has 0 spiro atoms. The van der Waals surface area contributed by atoms with Gasteiger partial charge >= 0.3 is 0 Å². The highest BCUT2D eigenvalue weighted by Gasteiger charge is 2.33. The van der Waals surface area contributed by atoms with Crippen LogP contribution in [0.3, 0.4) is 0 Å². The Morgan fingerprint density at radius 3 is 2.12 bits per heavy atom. The Kier molecular flexibility index (Phi) is 11.0. The first kappa shape index (κ1) is 32.5. The standard InChI is InChI=1S/C32H41N3O6S/c1-22(2)19-33-32(37)25(5)34(20-26-10-8-9-24(4)17-26)31(36)21-35(27-13-11-23(3)12-14-27)42(38,39)28-15-16-29(40-6)30(18-28)41-7/h8-18,22,25H,19-21H2,1-7H3,(H,33,37). The van der Waals surface area contributed by atoms with Crippen molar-refractivity contribution in [1.82, 2.24) is 10.2 Å². The number of hydrogen-bond acceptors (Lipinski definition) is 6. The van der Waals surface area contributed by atoms with Crippen molar-refractivity contribution in [3.05, 3.63) is 83.4 Å². The van der Waals surface area contributed by atoms with E-state index in [9.17, 15) is 18.0 Å². The summed E-state index contributed by atoms with van der Waals surface area (Å²) in [6, 6.07) is 18.0. The lowest BCUT2D eigenvalue weighted by atomic mass is 10.1. The van der Waals surface area contributed by atoms with E-state index in [1.807, 2.05) is 52.0 Å². The molecule has 3 rings (SSSR count). The zero-order valence-electron chi connectivity index (χ0n) is 25.4. The summed E-state index contributed by atoms with van der Waals surface area (Å²) in [5.41, 5.74) is 3.09. The van der Waals surface area contributed by atoms with Gasteiger partial charge < -0.3 is 19.7 Å². The number of nitrogens with one attached hydrogen (secondary N) is 1. The minimum absolute atomic E-state index is 0.0681. The van der Waals surface area contributed by atoms with Crippen molar-refractivity contribution < 1.29 is 27.5 Å². The highest BCUT2D eigenvalue weighted by atomic mass is 32.2. The summed E-state index contributed by atoms with van der Waals surface area (Å²) in [6.45, 7) is 9.54. The highest BCUT2D eigenvalue weighted by Crippen LogP contribution is 2.32. The molecule has 1 N–H and O–H groups in total. The number of carbonyl (C=O) groups is 2. The zero-order valence-corrected chi connectivity index (χ0v) is 26.2. The number of anilines is 1. The predicted octanol–water partition coefficient (Wildman–Crippen LogP) is 4.71. The Balaban J connectivity index is 2.05. The van der Waals surface area contributed by atoms with E-state index in [-0.39, 0.29) is 29.0 Å². The number of hydrogen-bond donors (Lipinski definition) is 1. The fourth-order valence-corrected chi connectivity index (χ4v) is 5.82. The number of rotatable bonds is 13. The molecule has 9 nitrogen and oxygen atoms in total. The number of sulfonamides is 1. The summed E-state index contributed by atoms with van der Waals surface area (Å²) >= 11 is 0. The smallest absolute Gasteiger partial charge is 0.264 e. The van der Waals surface area contributed by atoms with Crippen LogP contribution < -0.4 is 19.1 Å². The van der Waals surface area contributed by atoms with E-state index in [1.165, 1.54) is 37.3 Å². The van der Waals surface area contributed by atoms with E-state index in [2.05, 4.69) is 5.32 Å². The number of methoxy groups -OCH3 is 2. The molecule has 0 radical (unpaired) electrons. The summed E-state index contributed by atoms with van der Waals surface area (Å²) in [6.07, 6.45) is 0. The lowest BCUT2D eigenvalue weighted by Gasteiger charge is -2.32. The Bertz CT molecular complexity index is 1490. The molecule has 226 valence electrons. The summed E-state index contributed by atoms with van der Waals surface area (Å²) in [7, 11) is -1.37. The maximum atomic E-state index is 14.1. The topological polar surface area (TPSA) is 105 Å². The highest BCUT2D eigenvalue weighted by molar-refractivity contribution is 7.92. The van der Waals surface area contributed by atoms with Crippen molar-refractivity contribution in [1.29, 1.82) is 0 Å². The molecule has 0 aliphatic rings. The van der Waals surface area contributed by atoms with Crippen molar-refractivity contribution in [2.24, 2.45) is 5.92 Å². The number of benzene rings is 3. The molecule has 42 heavy (non-hydrogen) atoms. The van der Waals surface area contributed by atoms with Gasteiger partial charge in [-0.25, -0.2) is 8.42 Å². The van der Waals surface area contributed by atoms with Gasteiger partial charge in [-0.1, -0.05) is 61.4 Å². The van der Waals surface area contributed by atoms with Crippen LogP contribution >= 0.6 is 0 Å². The molecule has 3 aromatic rings.